The maximum Gasteiger partial charge on any atom is 0.262 e. The minimum atomic E-state index is -0.309. The molecule has 2 amide bonds. The molecule has 1 aliphatic heterocycles. The molecular formula is C22H21N3O3S2. The van der Waals surface area contributed by atoms with Crippen molar-refractivity contribution in [2.75, 3.05) is 13.7 Å². The molecule has 0 spiro atoms. The van der Waals surface area contributed by atoms with Gasteiger partial charge in [0.2, 0.25) is 0 Å². The van der Waals surface area contributed by atoms with Gasteiger partial charge in [-0.1, -0.05) is 6.07 Å². The minimum absolute atomic E-state index is 0.118. The zero-order valence-corrected chi connectivity index (χ0v) is 18.3. The predicted octanol–water partition coefficient (Wildman–Crippen LogP) is 4.23. The van der Waals surface area contributed by atoms with Crippen LogP contribution >= 0.6 is 22.7 Å². The Morgan fingerprint density at radius 1 is 1.17 bits per heavy atom. The van der Waals surface area contributed by atoms with Crippen LogP contribution in [-0.2, 0) is 4.79 Å². The second-order valence-corrected chi connectivity index (χ2v) is 8.76. The third kappa shape index (κ3) is 4.15. The molecule has 1 aromatic carbocycles. The summed E-state index contributed by atoms with van der Waals surface area (Å²) in [5.41, 5.74) is 2.52. The number of nitrogens with one attached hydrogen (secondary N) is 1. The molecule has 0 radical (unpaired) electrons. The molecule has 2 aromatic heterocycles. The largest absolute Gasteiger partial charge is 0.497 e. The first kappa shape index (κ1) is 20.3. The summed E-state index contributed by atoms with van der Waals surface area (Å²) in [7, 11) is 1.57. The second kappa shape index (κ2) is 8.81. The number of hydrazone groups is 1. The van der Waals surface area contributed by atoms with Gasteiger partial charge in [0.05, 0.1) is 30.3 Å². The van der Waals surface area contributed by atoms with Gasteiger partial charge in [0.1, 0.15) is 5.75 Å². The van der Waals surface area contributed by atoms with Crippen LogP contribution in [0.3, 0.4) is 0 Å². The average molecular weight is 440 g/mol. The van der Waals surface area contributed by atoms with E-state index < -0.39 is 0 Å². The second-order valence-electron chi connectivity index (χ2n) is 6.86. The number of methoxy groups -OCH3 is 1. The van der Waals surface area contributed by atoms with Gasteiger partial charge in [0.25, 0.3) is 11.8 Å². The van der Waals surface area contributed by atoms with Crippen molar-refractivity contribution in [2.45, 2.75) is 19.4 Å². The minimum Gasteiger partial charge on any atom is -0.497 e. The fraction of sp³-hybridized carbons (Fsp3) is 0.227. The SMILES string of the molecule is COc1ccc(C(=O)NCC(=O)N2N=C(c3cccs3)CC2c2sccc2C)cc1. The highest BCUT2D eigenvalue weighted by Gasteiger charge is 2.34. The molecule has 0 saturated carbocycles. The number of amides is 2. The van der Waals surface area contributed by atoms with Gasteiger partial charge in [-0.15, -0.1) is 22.7 Å². The molecule has 1 aliphatic rings. The third-order valence-corrected chi connectivity index (χ3v) is 6.97. The number of benzene rings is 1. The van der Waals surface area contributed by atoms with Crippen LogP contribution in [-0.4, -0.2) is 36.2 Å². The number of nitrogens with zero attached hydrogens (tertiary/aromatic N) is 2. The predicted molar refractivity (Wildman–Crippen MR) is 119 cm³/mol. The molecule has 30 heavy (non-hydrogen) atoms. The van der Waals surface area contributed by atoms with Crippen LogP contribution in [0.1, 0.15) is 38.1 Å². The Balaban J connectivity index is 1.49. The standard InChI is InChI=1S/C22H21N3O3S2/c1-14-9-11-30-21(14)18-12-17(19-4-3-10-29-19)24-25(18)20(26)13-23-22(27)15-5-7-16(28-2)8-6-15/h3-11,18H,12-13H2,1-2H3,(H,23,27). The molecular weight excluding hydrogens is 418 g/mol. The summed E-state index contributed by atoms with van der Waals surface area (Å²) in [6.07, 6.45) is 0.667. The molecule has 0 fully saturated rings. The molecule has 154 valence electrons. The first-order valence-corrected chi connectivity index (χ1v) is 11.2. The van der Waals surface area contributed by atoms with Crippen molar-refractivity contribution in [3.05, 3.63) is 74.1 Å². The molecule has 3 heterocycles. The Hall–Kier alpha value is -2.97. The van der Waals surface area contributed by atoms with Crippen molar-refractivity contribution >= 4 is 40.2 Å². The maximum atomic E-state index is 13.0. The van der Waals surface area contributed by atoms with Crippen molar-refractivity contribution in [1.29, 1.82) is 0 Å². The smallest absolute Gasteiger partial charge is 0.262 e. The van der Waals surface area contributed by atoms with E-state index in [2.05, 4.69) is 16.5 Å². The van der Waals surface area contributed by atoms with Gasteiger partial charge in [-0.05, 0) is 59.6 Å². The van der Waals surface area contributed by atoms with Gasteiger partial charge >= 0.3 is 0 Å². The molecule has 3 aromatic rings. The summed E-state index contributed by atoms with van der Waals surface area (Å²) in [6.45, 7) is 1.93. The lowest BCUT2D eigenvalue weighted by Crippen LogP contribution is -2.37. The van der Waals surface area contributed by atoms with Gasteiger partial charge in [0, 0.05) is 16.9 Å². The van der Waals surface area contributed by atoms with Crippen LogP contribution in [0.4, 0.5) is 0 Å². The van der Waals surface area contributed by atoms with E-state index in [0.717, 1.165) is 21.0 Å². The Morgan fingerprint density at radius 3 is 2.60 bits per heavy atom. The number of thiophene rings is 2. The van der Waals surface area contributed by atoms with Gasteiger partial charge < -0.3 is 10.1 Å². The average Bonchev–Trinajstić information content (AvgIpc) is 3.51. The number of hydrogen-bond donors (Lipinski definition) is 1. The molecule has 4 rings (SSSR count). The highest BCUT2D eigenvalue weighted by Crippen LogP contribution is 2.37. The van der Waals surface area contributed by atoms with E-state index in [9.17, 15) is 9.59 Å². The third-order valence-electron chi connectivity index (χ3n) is 4.93. The lowest BCUT2D eigenvalue weighted by atomic mass is 10.1. The summed E-state index contributed by atoms with van der Waals surface area (Å²) in [5.74, 6) is 0.127. The monoisotopic (exact) mass is 439 g/mol. The van der Waals surface area contributed by atoms with Gasteiger partial charge in [0.15, 0.2) is 0 Å². The lowest BCUT2D eigenvalue weighted by Gasteiger charge is -2.21. The number of rotatable bonds is 6. The summed E-state index contributed by atoms with van der Waals surface area (Å²) in [6, 6.07) is 12.7. The van der Waals surface area contributed by atoms with E-state index in [4.69, 9.17) is 4.74 Å². The number of ether oxygens (including phenoxy) is 1. The summed E-state index contributed by atoms with van der Waals surface area (Å²) < 4.78 is 5.11. The molecule has 0 saturated heterocycles. The van der Waals surface area contributed by atoms with Crippen LogP contribution in [0.15, 0.2) is 58.3 Å². The summed E-state index contributed by atoms with van der Waals surface area (Å²) in [5, 5.41) is 12.9. The van der Waals surface area contributed by atoms with Crippen molar-refractivity contribution in [1.82, 2.24) is 10.3 Å². The lowest BCUT2D eigenvalue weighted by molar-refractivity contribution is -0.131. The Kier molecular flexibility index (Phi) is 5.96. The van der Waals surface area contributed by atoms with Gasteiger partial charge in [-0.25, -0.2) is 5.01 Å². The number of carbonyl (C=O) groups is 2. The maximum absolute atomic E-state index is 13.0. The zero-order chi connectivity index (χ0) is 21.1. The molecule has 8 heteroatoms. The Labute approximate surface area is 182 Å². The molecule has 1 N–H and O–H groups in total. The van der Waals surface area contributed by atoms with E-state index in [1.807, 2.05) is 29.8 Å². The quantitative estimate of drug-likeness (QED) is 0.625. The first-order valence-electron chi connectivity index (χ1n) is 9.46. The molecule has 1 atom stereocenters. The van der Waals surface area contributed by atoms with Crippen LogP contribution in [0.5, 0.6) is 5.75 Å². The Bertz CT molecular complexity index is 1070. The van der Waals surface area contributed by atoms with Crippen LogP contribution in [0, 0.1) is 6.92 Å². The molecule has 0 aliphatic carbocycles. The van der Waals surface area contributed by atoms with E-state index >= 15 is 0 Å². The summed E-state index contributed by atoms with van der Waals surface area (Å²) >= 11 is 3.24. The fourth-order valence-electron chi connectivity index (χ4n) is 3.34. The van der Waals surface area contributed by atoms with E-state index in [1.165, 1.54) is 5.01 Å². The van der Waals surface area contributed by atoms with Crippen LogP contribution < -0.4 is 10.1 Å². The highest BCUT2D eigenvalue weighted by molar-refractivity contribution is 7.12. The van der Waals surface area contributed by atoms with Crippen molar-refractivity contribution in [2.24, 2.45) is 5.10 Å². The number of carbonyl (C=O) groups excluding carboxylic acids is 2. The van der Waals surface area contributed by atoms with Crippen molar-refractivity contribution in [3.8, 4) is 5.75 Å². The summed E-state index contributed by atoms with van der Waals surface area (Å²) in [4.78, 5) is 27.6. The van der Waals surface area contributed by atoms with E-state index in [0.29, 0.717) is 17.7 Å². The normalized spacial score (nSPS) is 15.7. The fourth-order valence-corrected chi connectivity index (χ4v) is 5.08. The van der Waals surface area contributed by atoms with Crippen molar-refractivity contribution in [3.63, 3.8) is 0 Å². The highest BCUT2D eigenvalue weighted by atomic mass is 32.1. The van der Waals surface area contributed by atoms with Crippen LogP contribution in [0.2, 0.25) is 0 Å². The topological polar surface area (TPSA) is 71.0 Å². The molecule has 0 bridgehead atoms. The molecule has 6 nitrogen and oxygen atoms in total. The van der Waals surface area contributed by atoms with Gasteiger partial charge in [-0.2, -0.15) is 5.10 Å². The Morgan fingerprint density at radius 2 is 1.97 bits per heavy atom. The number of hydrogen-bond acceptors (Lipinski definition) is 6. The van der Waals surface area contributed by atoms with E-state index in [1.54, 1.807) is 54.0 Å². The van der Waals surface area contributed by atoms with Crippen LogP contribution in [0.25, 0.3) is 0 Å². The van der Waals surface area contributed by atoms with Gasteiger partial charge in [-0.3, -0.25) is 9.59 Å². The van der Waals surface area contributed by atoms with E-state index in [-0.39, 0.29) is 24.4 Å². The number of aryl methyl sites for hydroxylation is 1. The zero-order valence-electron chi connectivity index (χ0n) is 16.6. The van der Waals surface area contributed by atoms with Crippen molar-refractivity contribution < 1.29 is 14.3 Å². The first-order chi connectivity index (χ1) is 14.6. The molecule has 1 unspecified atom stereocenters.